The van der Waals surface area contributed by atoms with E-state index in [9.17, 15) is 5.11 Å². The summed E-state index contributed by atoms with van der Waals surface area (Å²) >= 11 is 0. The second-order valence-electron chi connectivity index (χ2n) is 7.39. The molecule has 0 aromatic heterocycles. The van der Waals surface area contributed by atoms with Crippen LogP contribution in [0.25, 0.3) is 0 Å². The molecule has 1 heterocycles. The van der Waals surface area contributed by atoms with Crippen LogP contribution in [0.15, 0.2) is 54.6 Å². The van der Waals surface area contributed by atoms with Gasteiger partial charge in [-0.25, -0.2) is 0 Å². The Kier molecular flexibility index (Phi) is 6.30. The Labute approximate surface area is 156 Å². The molecule has 0 aliphatic carbocycles. The second kappa shape index (κ2) is 8.67. The first-order valence-corrected chi connectivity index (χ1v) is 9.33. The lowest BCUT2D eigenvalue weighted by Gasteiger charge is -2.28. The van der Waals surface area contributed by atoms with Crippen LogP contribution < -0.4 is 4.74 Å². The van der Waals surface area contributed by atoms with Crippen molar-refractivity contribution in [2.75, 3.05) is 39.5 Å². The Morgan fingerprint density at radius 2 is 1.62 bits per heavy atom. The van der Waals surface area contributed by atoms with Crippen LogP contribution >= 0.6 is 0 Å². The molecule has 2 aromatic rings. The number of ether oxygens (including phenoxy) is 2. The number of aliphatic hydroxyl groups excluding tert-OH is 1. The zero-order valence-corrected chi connectivity index (χ0v) is 15.7. The largest absolute Gasteiger partial charge is 0.491 e. The van der Waals surface area contributed by atoms with Gasteiger partial charge in [0.25, 0.3) is 0 Å². The highest BCUT2D eigenvalue weighted by Crippen LogP contribution is 2.32. The molecule has 0 bridgehead atoms. The molecule has 0 unspecified atom stereocenters. The molecule has 140 valence electrons. The number of rotatable bonds is 7. The molecule has 0 spiro atoms. The first-order valence-electron chi connectivity index (χ1n) is 9.33. The highest BCUT2D eigenvalue weighted by Gasteiger charge is 2.22. The van der Waals surface area contributed by atoms with Crippen molar-refractivity contribution in [3.05, 3.63) is 65.7 Å². The predicted octanol–water partition coefficient (Wildman–Crippen LogP) is 3.08. The lowest BCUT2D eigenvalue weighted by Crippen LogP contribution is -2.42. The van der Waals surface area contributed by atoms with E-state index in [2.05, 4.69) is 55.1 Å². The highest BCUT2D eigenvalue weighted by molar-refractivity contribution is 5.39. The molecule has 1 atom stereocenters. The Hall–Kier alpha value is -1.88. The van der Waals surface area contributed by atoms with Gasteiger partial charge in [0, 0.05) is 25.0 Å². The van der Waals surface area contributed by atoms with E-state index in [0.29, 0.717) is 13.2 Å². The fraction of sp³-hybridized carbons (Fsp3) is 0.455. The number of nitrogens with zero attached hydrogens (tertiary/aromatic N) is 1. The summed E-state index contributed by atoms with van der Waals surface area (Å²) < 4.78 is 11.1. The topological polar surface area (TPSA) is 41.9 Å². The SMILES string of the molecule is CC(C)(c1ccccc1)c1ccc(OC[C@@H](O)CN2CCOCC2)cc1. The summed E-state index contributed by atoms with van der Waals surface area (Å²) in [6, 6.07) is 18.7. The van der Waals surface area contributed by atoms with Gasteiger partial charge in [0.1, 0.15) is 18.5 Å². The minimum atomic E-state index is -0.492. The smallest absolute Gasteiger partial charge is 0.119 e. The van der Waals surface area contributed by atoms with Gasteiger partial charge in [-0.1, -0.05) is 56.3 Å². The Morgan fingerprint density at radius 1 is 1.00 bits per heavy atom. The van der Waals surface area contributed by atoms with Crippen molar-refractivity contribution in [3.8, 4) is 5.75 Å². The standard InChI is InChI=1S/C22H29NO3/c1-22(2,18-6-4-3-5-7-18)19-8-10-21(11-9-19)26-17-20(24)16-23-12-14-25-15-13-23/h3-11,20,24H,12-17H2,1-2H3/t20-/m0/s1. The number of hydrogen-bond acceptors (Lipinski definition) is 4. The third kappa shape index (κ3) is 4.85. The predicted molar refractivity (Wildman–Crippen MR) is 104 cm³/mol. The van der Waals surface area contributed by atoms with Crippen molar-refractivity contribution in [2.45, 2.75) is 25.4 Å². The number of morpholine rings is 1. The van der Waals surface area contributed by atoms with Gasteiger partial charge < -0.3 is 14.6 Å². The van der Waals surface area contributed by atoms with Crippen LogP contribution in [-0.2, 0) is 10.2 Å². The van der Waals surface area contributed by atoms with Gasteiger partial charge in [-0.2, -0.15) is 0 Å². The number of benzene rings is 2. The quantitative estimate of drug-likeness (QED) is 0.829. The lowest BCUT2D eigenvalue weighted by atomic mass is 9.78. The molecular weight excluding hydrogens is 326 g/mol. The summed E-state index contributed by atoms with van der Waals surface area (Å²) in [6.07, 6.45) is -0.492. The number of β-amino-alcohol motifs (C(OH)–C–C–N with tert-alkyl or cyclic N) is 1. The number of hydrogen-bond donors (Lipinski definition) is 1. The lowest BCUT2D eigenvalue weighted by molar-refractivity contribution is 0.00465. The molecule has 2 aromatic carbocycles. The summed E-state index contributed by atoms with van der Waals surface area (Å²) in [4.78, 5) is 2.21. The fourth-order valence-electron chi connectivity index (χ4n) is 3.32. The first-order chi connectivity index (χ1) is 12.6. The van der Waals surface area contributed by atoms with Crippen LogP contribution in [0, 0.1) is 0 Å². The molecule has 4 nitrogen and oxygen atoms in total. The van der Waals surface area contributed by atoms with Gasteiger partial charge in [0.05, 0.1) is 13.2 Å². The molecule has 1 aliphatic heterocycles. The monoisotopic (exact) mass is 355 g/mol. The summed E-state index contributed by atoms with van der Waals surface area (Å²) in [5.74, 6) is 0.790. The highest BCUT2D eigenvalue weighted by atomic mass is 16.5. The van der Waals surface area contributed by atoms with Crippen molar-refractivity contribution in [3.63, 3.8) is 0 Å². The second-order valence-corrected chi connectivity index (χ2v) is 7.39. The van der Waals surface area contributed by atoms with Crippen LogP contribution in [0.5, 0.6) is 5.75 Å². The van der Waals surface area contributed by atoms with Gasteiger partial charge in [-0.3, -0.25) is 4.90 Å². The Bertz CT molecular complexity index is 664. The van der Waals surface area contributed by atoms with E-state index in [1.54, 1.807) is 0 Å². The van der Waals surface area contributed by atoms with Crippen LogP contribution in [0.2, 0.25) is 0 Å². The average Bonchev–Trinajstić information content (AvgIpc) is 2.68. The van der Waals surface area contributed by atoms with Gasteiger partial charge >= 0.3 is 0 Å². The van der Waals surface area contributed by atoms with E-state index in [0.717, 1.165) is 32.1 Å². The molecule has 1 fully saturated rings. The maximum atomic E-state index is 10.2. The van der Waals surface area contributed by atoms with Crippen LogP contribution in [0.3, 0.4) is 0 Å². The van der Waals surface area contributed by atoms with E-state index in [1.807, 2.05) is 18.2 Å². The number of aliphatic hydroxyl groups is 1. The van der Waals surface area contributed by atoms with E-state index < -0.39 is 6.10 Å². The molecular formula is C22H29NO3. The van der Waals surface area contributed by atoms with E-state index in [1.165, 1.54) is 11.1 Å². The van der Waals surface area contributed by atoms with Crippen LogP contribution in [-0.4, -0.2) is 55.6 Å². The first kappa shape index (κ1) is 18.9. The Morgan fingerprint density at radius 3 is 2.27 bits per heavy atom. The van der Waals surface area contributed by atoms with E-state index >= 15 is 0 Å². The van der Waals surface area contributed by atoms with E-state index in [-0.39, 0.29) is 5.41 Å². The third-order valence-corrected chi connectivity index (χ3v) is 5.09. The van der Waals surface area contributed by atoms with Gasteiger partial charge in [-0.05, 0) is 23.3 Å². The zero-order chi connectivity index (χ0) is 18.4. The minimum absolute atomic E-state index is 0.0599. The molecule has 1 N–H and O–H groups in total. The average molecular weight is 355 g/mol. The van der Waals surface area contributed by atoms with Crippen molar-refractivity contribution in [2.24, 2.45) is 0 Å². The summed E-state index contributed by atoms with van der Waals surface area (Å²) in [5, 5.41) is 10.2. The maximum Gasteiger partial charge on any atom is 0.119 e. The third-order valence-electron chi connectivity index (χ3n) is 5.09. The van der Waals surface area contributed by atoms with Crippen molar-refractivity contribution in [1.29, 1.82) is 0 Å². The molecule has 0 amide bonds. The van der Waals surface area contributed by atoms with Gasteiger partial charge in [-0.15, -0.1) is 0 Å². The molecule has 0 saturated carbocycles. The molecule has 1 saturated heterocycles. The molecule has 3 rings (SSSR count). The molecule has 4 heteroatoms. The fourth-order valence-corrected chi connectivity index (χ4v) is 3.32. The normalized spacial score (nSPS) is 17.0. The minimum Gasteiger partial charge on any atom is -0.491 e. The van der Waals surface area contributed by atoms with Crippen LogP contribution in [0.1, 0.15) is 25.0 Å². The zero-order valence-electron chi connectivity index (χ0n) is 15.7. The molecule has 0 radical (unpaired) electrons. The van der Waals surface area contributed by atoms with E-state index in [4.69, 9.17) is 9.47 Å². The summed E-state index contributed by atoms with van der Waals surface area (Å²) in [5.41, 5.74) is 2.47. The Balaban J connectivity index is 1.54. The molecule has 26 heavy (non-hydrogen) atoms. The summed E-state index contributed by atoms with van der Waals surface area (Å²) in [6.45, 7) is 8.62. The maximum absolute atomic E-state index is 10.2. The van der Waals surface area contributed by atoms with Crippen molar-refractivity contribution >= 4 is 0 Å². The molecule has 1 aliphatic rings. The van der Waals surface area contributed by atoms with Crippen molar-refractivity contribution in [1.82, 2.24) is 4.90 Å². The van der Waals surface area contributed by atoms with Crippen LogP contribution in [0.4, 0.5) is 0 Å². The summed E-state index contributed by atoms with van der Waals surface area (Å²) in [7, 11) is 0. The van der Waals surface area contributed by atoms with Gasteiger partial charge in [0.15, 0.2) is 0 Å². The van der Waals surface area contributed by atoms with Gasteiger partial charge in [0.2, 0.25) is 0 Å². The van der Waals surface area contributed by atoms with Crippen molar-refractivity contribution < 1.29 is 14.6 Å².